The predicted octanol–water partition coefficient (Wildman–Crippen LogP) is 7.64. The van der Waals surface area contributed by atoms with Crippen LogP contribution in [-0.4, -0.2) is 66.0 Å². The maximum Gasteiger partial charge on any atom is 0.253 e. The predicted molar refractivity (Wildman–Crippen MR) is 183 cm³/mol. The topological polar surface area (TPSA) is 37.7 Å². The number of methoxy groups -OCH3 is 1. The molecule has 6 heteroatoms. The molecular formula is C38H42ClN3O2. The van der Waals surface area contributed by atoms with Crippen LogP contribution in [0.15, 0.2) is 78.9 Å². The van der Waals surface area contributed by atoms with Gasteiger partial charge in [0.05, 0.1) is 7.11 Å². The smallest absolute Gasteiger partial charge is 0.253 e. The van der Waals surface area contributed by atoms with Gasteiger partial charge >= 0.3 is 0 Å². The lowest BCUT2D eigenvalue weighted by Gasteiger charge is -2.35. The summed E-state index contributed by atoms with van der Waals surface area (Å²) in [6.45, 7) is 9.61. The fourth-order valence-electron chi connectivity index (χ4n) is 6.66. The maximum absolute atomic E-state index is 13.5. The number of fused-ring (bicyclic) bond motifs is 2. The van der Waals surface area contributed by atoms with Crippen LogP contribution in [0.1, 0.15) is 44.7 Å². The normalized spacial score (nSPS) is 14.0. The molecule has 0 unspecified atom stereocenters. The average molecular weight is 608 g/mol. The number of carbonyl (C=O) groups excluding carboxylic acids is 1. The second-order valence-electron chi connectivity index (χ2n) is 12.0. The van der Waals surface area contributed by atoms with E-state index in [0.717, 1.165) is 75.4 Å². The van der Waals surface area contributed by atoms with Gasteiger partial charge < -0.3 is 14.2 Å². The van der Waals surface area contributed by atoms with Crippen molar-refractivity contribution in [3.8, 4) is 5.75 Å². The van der Waals surface area contributed by atoms with Crippen LogP contribution in [0.4, 0.5) is 0 Å². The van der Waals surface area contributed by atoms with Crippen molar-refractivity contribution in [2.75, 3.05) is 45.7 Å². The molecule has 44 heavy (non-hydrogen) atoms. The molecule has 6 rings (SSSR count). The summed E-state index contributed by atoms with van der Waals surface area (Å²) >= 11 is 5.98. The number of alkyl halides is 1. The first-order chi connectivity index (χ1) is 21.4. The Bertz CT molecular complexity index is 1780. The van der Waals surface area contributed by atoms with Crippen molar-refractivity contribution in [2.45, 2.75) is 39.7 Å². The number of aromatic nitrogens is 1. The van der Waals surface area contributed by atoms with Gasteiger partial charge in [-0.15, -0.1) is 11.6 Å². The van der Waals surface area contributed by atoms with Crippen molar-refractivity contribution in [3.63, 3.8) is 0 Å². The third-order valence-electron chi connectivity index (χ3n) is 9.34. The van der Waals surface area contributed by atoms with Gasteiger partial charge in [0.1, 0.15) is 5.75 Å². The first kappa shape index (κ1) is 30.2. The second-order valence-corrected chi connectivity index (χ2v) is 12.4. The first-order valence-corrected chi connectivity index (χ1v) is 16.3. The highest BCUT2D eigenvalue weighted by atomic mass is 35.5. The third-order valence-corrected chi connectivity index (χ3v) is 9.60. The van der Waals surface area contributed by atoms with Gasteiger partial charge in [0, 0.05) is 67.3 Å². The zero-order chi connectivity index (χ0) is 30.6. The maximum atomic E-state index is 13.5. The van der Waals surface area contributed by atoms with E-state index < -0.39 is 0 Å². The molecule has 5 nitrogen and oxygen atoms in total. The molecule has 0 N–H and O–H groups in total. The Labute approximate surface area is 266 Å². The standard InChI is InChI=1S/C38H42ClN3O2/c1-27-28(2)42(17-6-16-39)37-14-11-30(25-35(27)37)23-29-7-4-10-33(24-29)38(43)41-21-19-40(20-22-41)18-15-32-9-5-8-31-12-13-34(44-3)26-36(31)32/h4-5,7-14,24-26H,6,15-23H2,1-3H3. The van der Waals surface area contributed by atoms with E-state index in [-0.39, 0.29) is 5.91 Å². The van der Waals surface area contributed by atoms with Gasteiger partial charge in [-0.3, -0.25) is 9.69 Å². The van der Waals surface area contributed by atoms with E-state index >= 15 is 0 Å². The lowest BCUT2D eigenvalue weighted by Crippen LogP contribution is -2.49. The highest BCUT2D eigenvalue weighted by Crippen LogP contribution is 2.28. The van der Waals surface area contributed by atoms with Crippen LogP contribution >= 0.6 is 11.6 Å². The lowest BCUT2D eigenvalue weighted by molar-refractivity contribution is 0.0638. The third kappa shape index (κ3) is 6.36. The quantitative estimate of drug-likeness (QED) is 0.153. The minimum absolute atomic E-state index is 0.130. The molecule has 2 heterocycles. The van der Waals surface area contributed by atoms with Gasteiger partial charge in [0.2, 0.25) is 0 Å². The van der Waals surface area contributed by atoms with Gasteiger partial charge in [-0.2, -0.15) is 0 Å². The minimum Gasteiger partial charge on any atom is -0.497 e. The molecule has 5 aromatic rings. The number of hydrogen-bond acceptors (Lipinski definition) is 3. The zero-order valence-corrected chi connectivity index (χ0v) is 26.9. The highest BCUT2D eigenvalue weighted by Gasteiger charge is 2.22. The molecule has 0 spiro atoms. The van der Waals surface area contributed by atoms with E-state index in [4.69, 9.17) is 16.3 Å². The van der Waals surface area contributed by atoms with E-state index in [9.17, 15) is 4.79 Å². The van der Waals surface area contributed by atoms with Crippen LogP contribution in [0.2, 0.25) is 0 Å². The summed E-state index contributed by atoms with van der Waals surface area (Å²) in [5.74, 6) is 1.69. The fraction of sp³-hybridized carbons (Fsp3) is 0.342. The molecule has 4 aromatic carbocycles. The molecule has 1 amide bonds. The molecule has 1 aliphatic heterocycles. The Morgan fingerprint density at radius 2 is 1.64 bits per heavy atom. The zero-order valence-electron chi connectivity index (χ0n) is 26.1. The fourth-order valence-corrected chi connectivity index (χ4v) is 6.78. The molecule has 1 aromatic heterocycles. The van der Waals surface area contributed by atoms with Crippen LogP contribution in [0.25, 0.3) is 21.7 Å². The molecular weight excluding hydrogens is 566 g/mol. The molecule has 1 aliphatic rings. The highest BCUT2D eigenvalue weighted by molar-refractivity contribution is 6.17. The number of aryl methyl sites for hydroxylation is 2. The summed E-state index contributed by atoms with van der Waals surface area (Å²) in [5.41, 5.74) is 8.45. The summed E-state index contributed by atoms with van der Waals surface area (Å²) < 4.78 is 7.85. The Kier molecular flexibility index (Phi) is 9.25. The minimum atomic E-state index is 0.130. The van der Waals surface area contributed by atoms with E-state index in [2.05, 4.69) is 84.0 Å². The molecule has 0 radical (unpaired) electrons. The number of halogens is 1. The molecule has 0 aliphatic carbocycles. The lowest BCUT2D eigenvalue weighted by atomic mass is 10.00. The van der Waals surface area contributed by atoms with Crippen molar-refractivity contribution in [1.82, 2.24) is 14.4 Å². The second kappa shape index (κ2) is 13.5. The van der Waals surface area contributed by atoms with Crippen LogP contribution in [0.5, 0.6) is 5.75 Å². The Morgan fingerprint density at radius 1 is 0.841 bits per heavy atom. The van der Waals surface area contributed by atoms with E-state index in [0.29, 0.717) is 5.88 Å². The number of rotatable bonds is 10. The van der Waals surface area contributed by atoms with E-state index in [1.165, 1.54) is 44.1 Å². The number of benzene rings is 4. The average Bonchev–Trinajstić information content (AvgIpc) is 3.30. The van der Waals surface area contributed by atoms with Crippen LogP contribution in [0.3, 0.4) is 0 Å². The number of hydrogen-bond donors (Lipinski definition) is 0. The molecule has 1 saturated heterocycles. The van der Waals surface area contributed by atoms with E-state index in [1.807, 2.05) is 23.1 Å². The van der Waals surface area contributed by atoms with Crippen LogP contribution < -0.4 is 4.74 Å². The van der Waals surface area contributed by atoms with Gasteiger partial charge in [-0.25, -0.2) is 0 Å². The summed E-state index contributed by atoms with van der Waals surface area (Å²) in [4.78, 5) is 18.0. The van der Waals surface area contributed by atoms with Crippen LogP contribution in [-0.2, 0) is 19.4 Å². The number of carbonyl (C=O) groups is 1. The number of amides is 1. The molecule has 228 valence electrons. The molecule has 0 atom stereocenters. The summed E-state index contributed by atoms with van der Waals surface area (Å²) in [6.07, 6.45) is 2.74. The van der Waals surface area contributed by atoms with Crippen molar-refractivity contribution < 1.29 is 9.53 Å². The van der Waals surface area contributed by atoms with E-state index in [1.54, 1.807) is 7.11 Å². The SMILES string of the molecule is COc1ccc2cccc(CCN3CCN(C(=O)c4cccc(Cc5ccc6c(c5)c(C)c(C)n6CCCCl)c4)CC3)c2c1. The molecule has 0 bridgehead atoms. The van der Waals surface area contributed by atoms with Crippen molar-refractivity contribution in [1.29, 1.82) is 0 Å². The van der Waals surface area contributed by atoms with Crippen molar-refractivity contribution in [2.24, 2.45) is 0 Å². The van der Waals surface area contributed by atoms with Crippen molar-refractivity contribution in [3.05, 3.63) is 112 Å². The molecule has 0 saturated carbocycles. The largest absolute Gasteiger partial charge is 0.497 e. The summed E-state index contributed by atoms with van der Waals surface area (Å²) in [7, 11) is 1.71. The molecule has 1 fully saturated rings. The first-order valence-electron chi connectivity index (χ1n) is 15.8. The van der Waals surface area contributed by atoms with Gasteiger partial charge in [0.15, 0.2) is 0 Å². The Balaban J connectivity index is 1.07. The van der Waals surface area contributed by atoms with Gasteiger partial charge in [-0.1, -0.05) is 42.5 Å². The number of nitrogens with zero attached hydrogens (tertiary/aromatic N) is 3. The monoisotopic (exact) mass is 607 g/mol. The number of piperazine rings is 1. The number of ether oxygens (including phenoxy) is 1. The summed E-state index contributed by atoms with van der Waals surface area (Å²) in [6, 6.07) is 27.8. The van der Waals surface area contributed by atoms with Crippen LogP contribution in [0, 0.1) is 13.8 Å². The Morgan fingerprint density at radius 3 is 2.43 bits per heavy atom. The van der Waals surface area contributed by atoms with Gasteiger partial charge in [0.25, 0.3) is 5.91 Å². The Hall–Kier alpha value is -3.80. The van der Waals surface area contributed by atoms with Gasteiger partial charge in [-0.05, 0) is 103 Å². The van der Waals surface area contributed by atoms with Crippen molar-refractivity contribution >= 4 is 39.2 Å². The summed E-state index contributed by atoms with van der Waals surface area (Å²) in [5, 5.41) is 3.80.